The lowest BCUT2D eigenvalue weighted by Gasteiger charge is -2.37. The molecule has 0 saturated carbocycles. The molecule has 0 amide bonds. The average molecular weight is 677 g/mol. The van der Waals surface area contributed by atoms with Crippen LogP contribution in [0.5, 0.6) is 0 Å². The van der Waals surface area contributed by atoms with Crippen molar-refractivity contribution in [2.45, 2.75) is 49.8 Å². The quantitative estimate of drug-likeness (QED) is 0.0958. The van der Waals surface area contributed by atoms with E-state index in [1.165, 1.54) is 0 Å². The van der Waals surface area contributed by atoms with Gasteiger partial charge < -0.3 is 23.7 Å². The van der Waals surface area contributed by atoms with Gasteiger partial charge in [-0.2, -0.15) is 0 Å². The van der Waals surface area contributed by atoms with Crippen molar-refractivity contribution in [2.75, 3.05) is 13.2 Å². The maximum Gasteiger partial charge on any atom is 0.143 e. The van der Waals surface area contributed by atoms with Gasteiger partial charge in [-0.3, -0.25) is 0 Å². The summed E-state index contributed by atoms with van der Waals surface area (Å²) in [6.45, 7) is 1.90. The van der Waals surface area contributed by atoms with E-state index >= 15 is 0 Å². The average Bonchev–Trinajstić information content (AvgIpc) is 3.54. The molecule has 1 aliphatic heterocycles. The van der Waals surface area contributed by atoms with Crippen molar-refractivity contribution in [3.63, 3.8) is 0 Å². The van der Waals surface area contributed by atoms with Gasteiger partial charge in [0.05, 0.1) is 33.0 Å². The molecule has 51 heavy (non-hydrogen) atoms. The Morgan fingerprint density at radius 3 is 1.12 bits per heavy atom. The van der Waals surface area contributed by atoms with Crippen LogP contribution >= 0.6 is 0 Å². The van der Waals surface area contributed by atoms with E-state index < -0.39 is 23.9 Å². The number of hydrogen-bond donors (Lipinski definition) is 0. The zero-order valence-electron chi connectivity index (χ0n) is 28.7. The Balaban J connectivity index is 1.22. The fourth-order valence-electron chi connectivity index (χ4n) is 6.85. The molecule has 0 aromatic heterocycles. The molecule has 1 saturated heterocycles. The molecule has 0 unspecified atom stereocenters. The van der Waals surface area contributed by atoms with E-state index in [1.54, 1.807) is 0 Å². The molecule has 258 valence electrons. The van der Waals surface area contributed by atoms with E-state index in [0.29, 0.717) is 26.4 Å². The van der Waals surface area contributed by atoms with Crippen LogP contribution in [0.4, 0.5) is 0 Å². The summed E-state index contributed by atoms with van der Waals surface area (Å²) in [5, 5.41) is 0. The molecule has 0 aliphatic carbocycles. The van der Waals surface area contributed by atoms with Crippen LogP contribution in [0, 0.1) is 0 Å². The lowest BCUT2D eigenvalue weighted by Crippen LogP contribution is -2.42. The number of ether oxygens (including phenoxy) is 5. The molecule has 4 atom stereocenters. The third-order valence-electron chi connectivity index (χ3n) is 9.38. The summed E-state index contributed by atoms with van der Waals surface area (Å²) in [4.78, 5) is 0. The largest absolute Gasteiger partial charge is 0.374 e. The van der Waals surface area contributed by atoms with Crippen molar-refractivity contribution in [1.82, 2.24) is 0 Å². The summed E-state index contributed by atoms with van der Waals surface area (Å²) in [5.41, 5.74) is 5.45. The van der Waals surface area contributed by atoms with Crippen molar-refractivity contribution in [2.24, 2.45) is 0 Å². The Morgan fingerprint density at radius 2 is 0.725 bits per heavy atom. The van der Waals surface area contributed by atoms with Crippen molar-refractivity contribution >= 4 is 0 Å². The van der Waals surface area contributed by atoms with Crippen molar-refractivity contribution in [3.05, 3.63) is 215 Å². The SMILES string of the molecule is c1ccc(COC[C@@H]2O[C@H](COC(c3ccccc3)(c3ccccc3)c3ccccc3)[C@@H](OCc3ccccc3)[C@@H]2OCc2ccccc2)cc1. The first-order chi connectivity index (χ1) is 25.3. The van der Waals surface area contributed by atoms with Crippen LogP contribution in [0.3, 0.4) is 0 Å². The number of benzene rings is 6. The van der Waals surface area contributed by atoms with E-state index in [2.05, 4.69) is 109 Å². The Labute approximate surface area is 301 Å². The Hall–Kier alpha value is -4.88. The highest BCUT2D eigenvalue weighted by Crippen LogP contribution is 2.41. The highest BCUT2D eigenvalue weighted by Gasteiger charge is 2.48. The lowest BCUT2D eigenvalue weighted by atomic mass is 9.80. The second-order valence-electron chi connectivity index (χ2n) is 12.8. The molecule has 1 fully saturated rings. The Kier molecular flexibility index (Phi) is 11.8. The second-order valence-corrected chi connectivity index (χ2v) is 12.8. The minimum absolute atomic E-state index is 0.249. The summed E-state index contributed by atoms with van der Waals surface area (Å²) in [7, 11) is 0. The second kappa shape index (κ2) is 17.4. The van der Waals surface area contributed by atoms with Gasteiger partial charge in [0.1, 0.15) is 30.0 Å². The first-order valence-electron chi connectivity index (χ1n) is 17.7. The van der Waals surface area contributed by atoms with E-state index in [9.17, 15) is 0 Å². The molecular formula is C46H44O5. The molecule has 6 aromatic rings. The van der Waals surface area contributed by atoms with Gasteiger partial charge in [-0.1, -0.05) is 182 Å². The van der Waals surface area contributed by atoms with Gasteiger partial charge in [0.15, 0.2) is 0 Å². The standard InChI is InChI=1S/C46H44O5/c1-7-19-36(20-8-1)31-47-34-42-44(48-32-37-21-9-2-10-22-37)45(49-33-38-23-11-3-12-24-38)43(51-42)35-50-46(39-25-13-4-14-26-39,40-27-15-5-16-28-40)41-29-17-6-18-30-41/h1-30,42-45H,31-35H2/t42-,43+,44+,45+/m0/s1. The minimum Gasteiger partial charge on any atom is -0.374 e. The van der Waals surface area contributed by atoms with Crippen LogP contribution in [0.25, 0.3) is 0 Å². The van der Waals surface area contributed by atoms with Crippen LogP contribution in [0.15, 0.2) is 182 Å². The van der Waals surface area contributed by atoms with Gasteiger partial charge in [-0.05, 0) is 33.4 Å². The molecule has 7 rings (SSSR count). The van der Waals surface area contributed by atoms with Crippen LogP contribution in [0.2, 0.25) is 0 Å². The van der Waals surface area contributed by atoms with E-state index in [0.717, 1.165) is 33.4 Å². The predicted octanol–water partition coefficient (Wildman–Crippen LogP) is 9.15. The van der Waals surface area contributed by atoms with Crippen molar-refractivity contribution in [3.8, 4) is 0 Å². The van der Waals surface area contributed by atoms with Gasteiger partial charge in [0.2, 0.25) is 0 Å². The summed E-state index contributed by atoms with van der Waals surface area (Å²) in [6, 6.07) is 61.9. The summed E-state index contributed by atoms with van der Waals surface area (Å²) < 4.78 is 34.0. The Morgan fingerprint density at radius 1 is 0.392 bits per heavy atom. The van der Waals surface area contributed by atoms with Gasteiger partial charge in [0, 0.05) is 0 Å². The fraction of sp³-hybridized carbons (Fsp3) is 0.217. The van der Waals surface area contributed by atoms with E-state index in [1.807, 2.05) is 72.8 Å². The zero-order chi connectivity index (χ0) is 34.6. The molecule has 5 nitrogen and oxygen atoms in total. The molecule has 6 aromatic carbocycles. The maximum atomic E-state index is 7.29. The third-order valence-corrected chi connectivity index (χ3v) is 9.38. The first-order valence-corrected chi connectivity index (χ1v) is 17.7. The van der Waals surface area contributed by atoms with Crippen molar-refractivity contribution < 1.29 is 23.7 Å². The minimum atomic E-state index is -0.903. The molecule has 0 radical (unpaired) electrons. The normalized spacial score (nSPS) is 18.8. The molecule has 0 spiro atoms. The van der Waals surface area contributed by atoms with Crippen LogP contribution < -0.4 is 0 Å². The third kappa shape index (κ3) is 8.54. The predicted molar refractivity (Wildman–Crippen MR) is 200 cm³/mol. The monoisotopic (exact) mass is 676 g/mol. The van der Waals surface area contributed by atoms with E-state index in [-0.39, 0.29) is 12.7 Å². The fourth-order valence-corrected chi connectivity index (χ4v) is 6.85. The van der Waals surface area contributed by atoms with Crippen molar-refractivity contribution in [1.29, 1.82) is 0 Å². The molecule has 0 N–H and O–H groups in total. The number of rotatable bonds is 16. The van der Waals surface area contributed by atoms with E-state index in [4.69, 9.17) is 23.7 Å². The van der Waals surface area contributed by atoms with Crippen LogP contribution in [-0.4, -0.2) is 37.6 Å². The lowest BCUT2D eigenvalue weighted by molar-refractivity contribution is -0.106. The highest BCUT2D eigenvalue weighted by molar-refractivity contribution is 5.47. The van der Waals surface area contributed by atoms with Gasteiger partial charge >= 0.3 is 0 Å². The van der Waals surface area contributed by atoms with Crippen LogP contribution in [0.1, 0.15) is 33.4 Å². The van der Waals surface area contributed by atoms with Gasteiger partial charge in [0.25, 0.3) is 0 Å². The molecular weight excluding hydrogens is 633 g/mol. The summed E-state index contributed by atoms with van der Waals surface area (Å²) in [6.07, 6.45) is -1.67. The van der Waals surface area contributed by atoms with Crippen LogP contribution in [-0.2, 0) is 49.1 Å². The molecule has 0 bridgehead atoms. The first kappa shape index (κ1) is 34.6. The summed E-state index contributed by atoms with van der Waals surface area (Å²) in [5.74, 6) is 0. The van der Waals surface area contributed by atoms with Gasteiger partial charge in [-0.15, -0.1) is 0 Å². The Bertz CT molecular complexity index is 1760. The molecule has 1 aliphatic rings. The molecule has 5 heteroatoms. The summed E-state index contributed by atoms with van der Waals surface area (Å²) >= 11 is 0. The smallest absolute Gasteiger partial charge is 0.143 e. The zero-order valence-corrected chi connectivity index (χ0v) is 28.7. The number of hydrogen-bond acceptors (Lipinski definition) is 5. The topological polar surface area (TPSA) is 46.2 Å². The van der Waals surface area contributed by atoms with Gasteiger partial charge in [-0.25, -0.2) is 0 Å². The maximum absolute atomic E-state index is 7.29. The molecule has 1 heterocycles. The highest BCUT2D eigenvalue weighted by atomic mass is 16.6.